The highest BCUT2D eigenvalue weighted by atomic mass is 32.2. The Balaban J connectivity index is 1.73. The lowest BCUT2D eigenvalue weighted by Crippen LogP contribution is -2.23. The maximum atomic E-state index is 12.7. The Labute approximate surface area is 172 Å². The number of hydrogen-bond acceptors (Lipinski definition) is 6. The first kappa shape index (κ1) is 20.2. The molecule has 0 aliphatic carbocycles. The maximum absolute atomic E-state index is 12.7. The van der Waals surface area contributed by atoms with E-state index in [-0.39, 0.29) is 11.1 Å². The summed E-state index contributed by atoms with van der Waals surface area (Å²) in [4.78, 5) is 43.3. The van der Waals surface area contributed by atoms with Gasteiger partial charge in [-0.25, -0.2) is 4.79 Å². The van der Waals surface area contributed by atoms with Crippen molar-refractivity contribution in [1.29, 1.82) is 0 Å². The molecule has 6 heteroatoms. The maximum Gasteiger partial charge on any atom is 0.365 e. The predicted octanol–water partition coefficient (Wildman–Crippen LogP) is 4.82. The lowest BCUT2D eigenvalue weighted by atomic mass is 10.0. The Kier molecular flexibility index (Phi) is 6.71. The highest BCUT2D eigenvalue weighted by Gasteiger charge is 2.21. The van der Waals surface area contributed by atoms with Crippen molar-refractivity contribution in [2.75, 3.05) is 0 Å². The van der Waals surface area contributed by atoms with Crippen LogP contribution in [0.3, 0.4) is 0 Å². The van der Waals surface area contributed by atoms with Crippen LogP contribution in [0.1, 0.15) is 27.6 Å². The zero-order valence-electron chi connectivity index (χ0n) is 15.6. The van der Waals surface area contributed by atoms with Crippen LogP contribution < -0.4 is 0 Å². The molecule has 0 atom stereocenters. The Morgan fingerprint density at radius 3 is 1.86 bits per heavy atom. The standard InChI is InChI=1S/C23H17NO4S/c1-16(25)21(24-28-23(27)18-8-4-2-5-9-18)22(26)17-12-14-20(15-13-17)29-19-10-6-3-7-11-19/h2-15H,1H3/b24-21+. The molecule has 144 valence electrons. The van der Waals surface area contributed by atoms with Crippen LogP contribution in [0.25, 0.3) is 0 Å². The van der Waals surface area contributed by atoms with E-state index in [1.807, 2.05) is 30.3 Å². The van der Waals surface area contributed by atoms with E-state index in [0.717, 1.165) is 9.79 Å². The fourth-order valence-corrected chi connectivity index (χ4v) is 3.25. The van der Waals surface area contributed by atoms with Crippen LogP contribution >= 0.6 is 11.8 Å². The Bertz CT molecular complexity index is 1050. The summed E-state index contributed by atoms with van der Waals surface area (Å²) in [5.41, 5.74) is 0.124. The van der Waals surface area contributed by atoms with Crippen molar-refractivity contribution >= 4 is 35.0 Å². The van der Waals surface area contributed by atoms with Gasteiger partial charge in [-0.3, -0.25) is 9.59 Å². The number of nitrogens with zero attached hydrogens (tertiary/aromatic N) is 1. The molecule has 0 aliphatic rings. The molecule has 3 rings (SSSR count). The monoisotopic (exact) mass is 403 g/mol. The summed E-state index contributed by atoms with van der Waals surface area (Å²) in [6, 6.07) is 24.8. The third-order valence-electron chi connectivity index (χ3n) is 3.87. The van der Waals surface area contributed by atoms with E-state index in [4.69, 9.17) is 4.84 Å². The molecule has 3 aromatic rings. The van der Waals surface area contributed by atoms with Crippen molar-refractivity contribution in [1.82, 2.24) is 0 Å². The number of carbonyl (C=O) groups is 3. The van der Waals surface area contributed by atoms with Crippen LogP contribution in [0.15, 0.2) is 99.9 Å². The summed E-state index contributed by atoms with van der Waals surface area (Å²) < 4.78 is 0. The van der Waals surface area contributed by atoms with Crippen molar-refractivity contribution < 1.29 is 19.2 Å². The average Bonchev–Trinajstić information content (AvgIpc) is 2.75. The molecule has 0 spiro atoms. The minimum absolute atomic E-state index is 0.272. The molecule has 5 nitrogen and oxygen atoms in total. The van der Waals surface area contributed by atoms with Gasteiger partial charge in [0.05, 0.1) is 5.56 Å². The fraction of sp³-hybridized carbons (Fsp3) is 0.0435. The second kappa shape index (κ2) is 9.61. The van der Waals surface area contributed by atoms with Crippen molar-refractivity contribution in [3.8, 4) is 0 Å². The van der Waals surface area contributed by atoms with Crippen LogP contribution in [0.5, 0.6) is 0 Å². The topological polar surface area (TPSA) is 72.8 Å². The number of carbonyl (C=O) groups excluding carboxylic acids is 3. The number of Topliss-reactive ketones (excluding diaryl/α,β-unsaturated/α-hetero) is 2. The van der Waals surface area contributed by atoms with E-state index in [1.54, 1.807) is 66.4 Å². The zero-order valence-corrected chi connectivity index (χ0v) is 16.4. The molecule has 0 aromatic heterocycles. The summed E-state index contributed by atoms with van der Waals surface area (Å²) in [7, 11) is 0. The third kappa shape index (κ3) is 5.49. The van der Waals surface area contributed by atoms with E-state index in [1.165, 1.54) is 6.92 Å². The van der Waals surface area contributed by atoms with Crippen LogP contribution in [-0.2, 0) is 9.63 Å². The zero-order chi connectivity index (χ0) is 20.6. The van der Waals surface area contributed by atoms with Crippen molar-refractivity contribution in [2.45, 2.75) is 16.7 Å². The van der Waals surface area contributed by atoms with Crippen molar-refractivity contribution in [3.05, 3.63) is 96.1 Å². The summed E-state index contributed by atoms with van der Waals surface area (Å²) in [6.07, 6.45) is 0. The summed E-state index contributed by atoms with van der Waals surface area (Å²) >= 11 is 1.56. The molecule has 0 bridgehead atoms. The van der Waals surface area contributed by atoms with Gasteiger partial charge >= 0.3 is 5.97 Å². The van der Waals surface area contributed by atoms with Gasteiger partial charge in [0.1, 0.15) is 0 Å². The molecule has 0 radical (unpaired) electrons. The molecule has 0 fully saturated rings. The van der Waals surface area contributed by atoms with Gasteiger partial charge in [0.2, 0.25) is 5.78 Å². The van der Waals surface area contributed by atoms with Crippen LogP contribution in [0.4, 0.5) is 0 Å². The number of rotatable bonds is 7. The quantitative estimate of drug-likeness (QED) is 0.186. The fourth-order valence-electron chi connectivity index (χ4n) is 2.42. The van der Waals surface area contributed by atoms with Crippen molar-refractivity contribution in [2.24, 2.45) is 5.16 Å². The highest BCUT2D eigenvalue weighted by Crippen LogP contribution is 2.27. The first-order valence-electron chi connectivity index (χ1n) is 8.77. The number of hydrogen-bond donors (Lipinski definition) is 0. The Morgan fingerprint density at radius 1 is 0.724 bits per heavy atom. The second-order valence-electron chi connectivity index (χ2n) is 6.01. The van der Waals surface area contributed by atoms with Gasteiger partial charge in [0.15, 0.2) is 11.5 Å². The normalized spacial score (nSPS) is 11.0. The smallest absolute Gasteiger partial charge is 0.312 e. The van der Waals surface area contributed by atoms with Gasteiger partial charge < -0.3 is 4.84 Å². The Morgan fingerprint density at radius 2 is 1.28 bits per heavy atom. The Hall–Kier alpha value is -3.51. The van der Waals surface area contributed by atoms with Gasteiger partial charge in [-0.1, -0.05) is 53.3 Å². The summed E-state index contributed by atoms with van der Waals surface area (Å²) in [5, 5.41) is 3.53. The van der Waals surface area contributed by atoms with Crippen LogP contribution in [-0.4, -0.2) is 23.2 Å². The van der Waals surface area contributed by atoms with E-state index < -0.39 is 23.2 Å². The first-order chi connectivity index (χ1) is 14.0. The molecule has 0 saturated heterocycles. The summed E-state index contributed by atoms with van der Waals surface area (Å²) in [5.74, 6) is -1.93. The molecular weight excluding hydrogens is 386 g/mol. The lowest BCUT2D eigenvalue weighted by molar-refractivity contribution is -0.111. The SMILES string of the molecule is CC(=O)/C(=N\OC(=O)c1ccccc1)C(=O)c1ccc(Sc2ccccc2)cc1. The van der Waals surface area contributed by atoms with Gasteiger partial charge in [0.25, 0.3) is 0 Å². The van der Waals surface area contributed by atoms with Gasteiger partial charge in [-0.05, 0) is 48.5 Å². The van der Waals surface area contributed by atoms with Crippen LogP contribution in [0.2, 0.25) is 0 Å². The minimum atomic E-state index is -0.744. The number of benzene rings is 3. The molecule has 3 aromatic carbocycles. The molecule has 0 amide bonds. The number of oxime groups is 1. The van der Waals surface area contributed by atoms with E-state index in [9.17, 15) is 14.4 Å². The first-order valence-corrected chi connectivity index (χ1v) is 9.59. The summed E-state index contributed by atoms with van der Waals surface area (Å²) in [6.45, 7) is 1.20. The molecule has 0 heterocycles. The van der Waals surface area contributed by atoms with E-state index in [0.29, 0.717) is 0 Å². The molecule has 0 aliphatic heterocycles. The van der Waals surface area contributed by atoms with Gasteiger partial charge in [-0.15, -0.1) is 0 Å². The average molecular weight is 403 g/mol. The molecular formula is C23H17NO4S. The van der Waals surface area contributed by atoms with Gasteiger partial charge in [-0.2, -0.15) is 0 Å². The largest absolute Gasteiger partial charge is 0.365 e. The predicted molar refractivity (Wildman–Crippen MR) is 111 cm³/mol. The molecule has 0 saturated carbocycles. The van der Waals surface area contributed by atoms with Crippen molar-refractivity contribution in [3.63, 3.8) is 0 Å². The number of ketones is 2. The second-order valence-corrected chi connectivity index (χ2v) is 7.16. The molecule has 0 N–H and O–H groups in total. The van der Waals surface area contributed by atoms with Gasteiger partial charge in [0, 0.05) is 22.3 Å². The highest BCUT2D eigenvalue weighted by molar-refractivity contribution is 7.99. The molecule has 29 heavy (non-hydrogen) atoms. The third-order valence-corrected chi connectivity index (χ3v) is 4.89. The molecule has 0 unspecified atom stereocenters. The van der Waals surface area contributed by atoms with E-state index in [2.05, 4.69) is 5.16 Å². The van der Waals surface area contributed by atoms with E-state index >= 15 is 0 Å². The minimum Gasteiger partial charge on any atom is -0.312 e. The lowest BCUT2D eigenvalue weighted by Gasteiger charge is -2.05. The van der Waals surface area contributed by atoms with Crippen LogP contribution in [0, 0.1) is 0 Å².